The van der Waals surface area contributed by atoms with Crippen molar-refractivity contribution in [1.82, 2.24) is 0 Å². The summed E-state index contributed by atoms with van der Waals surface area (Å²) in [6.07, 6.45) is 0.597. The van der Waals surface area contributed by atoms with Gasteiger partial charge in [0, 0.05) is 6.42 Å². The molecular formula is C23H19ClO5. The molecule has 3 aromatic rings. The van der Waals surface area contributed by atoms with E-state index in [0.29, 0.717) is 17.2 Å². The third-order valence-corrected chi connectivity index (χ3v) is 4.29. The largest absolute Gasteiger partial charge is 0.480 e. The molecule has 0 aliphatic rings. The van der Waals surface area contributed by atoms with Crippen LogP contribution in [0.25, 0.3) is 0 Å². The molecule has 0 amide bonds. The van der Waals surface area contributed by atoms with Crippen molar-refractivity contribution in [2.75, 3.05) is 13.2 Å². The van der Waals surface area contributed by atoms with E-state index in [9.17, 15) is 9.59 Å². The van der Waals surface area contributed by atoms with E-state index in [0.717, 1.165) is 5.56 Å². The molecule has 0 radical (unpaired) electrons. The summed E-state index contributed by atoms with van der Waals surface area (Å²) in [6, 6.07) is 22.9. The fourth-order valence-electron chi connectivity index (χ4n) is 2.56. The second kappa shape index (κ2) is 10.3. The van der Waals surface area contributed by atoms with Crippen LogP contribution in [0.1, 0.15) is 15.9 Å². The Labute approximate surface area is 173 Å². The molecule has 0 spiro atoms. The topological polar surface area (TPSA) is 61.8 Å². The zero-order valence-corrected chi connectivity index (χ0v) is 16.3. The summed E-state index contributed by atoms with van der Waals surface area (Å²) >= 11 is 5.99. The van der Waals surface area contributed by atoms with Gasteiger partial charge in [-0.15, -0.1) is 0 Å². The number of esters is 2. The molecule has 0 bridgehead atoms. The third-order valence-electron chi connectivity index (χ3n) is 3.98. The zero-order valence-electron chi connectivity index (χ0n) is 15.5. The van der Waals surface area contributed by atoms with Crippen molar-refractivity contribution in [2.24, 2.45) is 0 Å². The quantitative estimate of drug-likeness (QED) is 0.397. The fourth-order valence-corrected chi connectivity index (χ4v) is 2.75. The minimum absolute atomic E-state index is 0.116. The SMILES string of the molecule is O=C(COc1ccccc1Cl)Oc1ccccc1C(=O)OCCc1ccccc1. The molecule has 29 heavy (non-hydrogen) atoms. The van der Waals surface area contributed by atoms with Gasteiger partial charge in [-0.1, -0.05) is 66.2 Å². The lowest BCUT2D eigenvalue weighted by Crippen LogP contribution is -2.19. The minimum Gasteiger partial charge on any atom is -0.480 e. The van der Waals surface area contributed by atoms with Crippen LogP contribution in [0.3, 0.4) is 0 Å². The Balaban J connectivity index is 1.55. The Morgan fingerprint density at radius 1 is 0.793 bits per heavy atom. The Morgan fingerprint density at radius 3 is 2.21 bits per heavy atom. The molecule has 148 valence electrons. The van der Waals surface area contributed by atoms with Crippen LogP contribution in [0.5, 0.6) is 11.5 Å². The number of carbonyl (C=O) groups is 2. The molecule has 0 atom stereocenters. The number of para-hydroxylation sites is 2. The molecule has 0 saturated heterocycles. The molecule has 0 saturated carbocycles. The maximum absolute atomic E-state index is 12.4. The molecule has 3 aromatic carbocycles. The highest BCUT2D eigenvalue weighted by Crippen LogP contribution is 2.23. The number of halogens is 1. The summed E-state index contributed by atoms with van der Waals surface area (Å²) < 4.78 is 16.0. The van der Waals surface area contributed by atoms with E-state index >= 15 is 0 Å². The Morgan fingerprint density at radius 2 is 1.45 bits per heavy atom. The smallest absolute Gasteiger partial charge is 0.349 e. The lowest BCUT2D eigenvalue weighted by molar-refractivity contribution is -0.136. The van der Waals surface area contributed by atoms with Gasteiger partial charge in [-0.05, 0) is 29.8 Å². The standard InChI is InChI=1S/C23H19ClO5/c24-19-11-5-7-13-21(19)28-16-22(25)29-20-12-6-4-10-18(20)23(26)27-15-14-17-8-2-1-3-9-17/h1-13H,14-16H2. The number of rotatable bonds is 8. The van der Waals surface area contributed by atoms with Crippen LogP contribution in [0.2, 0.25) is 5.02 Å². The van der Waals surface area contributed by atoms with Crippen LogP contribution in [0, 0.1) is 0 Å². The third kappa shape index (κ3) is 6.09. The highest BCUT2D eigenvalue weighted by molar-refractivity contribution is 6.32. The summed E-state index contributed by atoms with van der Waals surface area (Å²) in [7, 11) is 0. The van der Waals surface area contributed by atoms with E-state index in [1.54, 1.807) is 42.5 Å². The monoisotopic (exact) mass is 410 g/mol. The van der Waals surface area contributed by atoms with Crippen molar-refractivity contribution in [3.63, 3.8) is 0 Å². The van der Waals surface area contributed by atoms with Crippen molar-refractivity contribution in [2.45, 2.75) is 6.42 Å². The van der Waals surface area contributed by atoms with Gasteiger partial charge < -0.3 is 14.2 Å². The molecule has 0 heterocycles. The molecule has 6 heteroatoms. The Bertz CT molecular complexity index is 972. The molecule has 0 aliphatic carbocycles. The van der Waals surface area contributed by atoms with Crippen molar-refractivity contribution < 1.29 is 23.8 Å². The lowest BCUT2D eigenvalue weighted by Gasteiger charge is -2.11. The van der Waals surface area contributed by atoms with Crippen LogP contribution in [-0.2, 0) is 16.0 Å². The minimum atomic E-state index is -0.658. The molecule has 0 fully saturated rings. The van der Waals surface area contributed by atoms with Crippen LogP contribution in [0.4, 0.5) is 0 Å². The number of hydrogen-bond donors (Lipinski definition) is 0. The van der Waals surface area contributed by atoms with E-state index in [1.165, 1.54) is 6.07 Å². The fraction of sp³-hybridized carbons (Fsp3) is 0.130. The second-order valence-electron chi connectivity index (χ2n) is 6.06. The second-order valence-corrected chi connectivity index (χ2v) is 6.47. The highest BCUT2D eigenvalue weighted by atomic mass is 35.5. The Kier molecular flexibility index (Phi) is 7.25. The van der Waals surface area contributed by atoms with Crippen molar-refractivity contribution in [3.05, 3.63) is 95.0 Å². The van der Waals surface area contributed by atoms with Gasteiger partial charge in [0.1, 0.15) is 17.1 Å². The summed E-state index contributed by atoms with van der Waals surface area (Å²) in [5, 5.41) is 0.391. The molecule has 3 rings (SSSR count). The Hall–Kier alpha value is -3.31. The maximum atomic E-state index is 12.4. The normalized spacial score (nSPS) is 10.2. The summed E-state index contributed by atoms with van der Waals surface area (Å²) in [5.74, 6) is -0.726. The van der Waals surface area contributed by atoms with E-state index in [-0.39, 0.29) is 24.5 Å². The first-order valence-corrected chi connectivity index (χ1v) is 9.39. The van der Waals surface area contributed by atoms with E-state index in [2.05, 4.69) is 0 Å². The first kappa shape index (κ1) is 20.4. The average Bonchev–Trinajstić information content (AvgIpc) is 2.74. The van der Waals surface area contributed by atoms with Crippen LogP contribution >= 0.6 is 11.6 Å². The number of ether oxygens (including phenoxy) is 3. The van der Waals surface area contributed by atoms with Gasteiger partial charge >= 0.3 is 11.9 Å². The molecular weight excluding hydrogens is 392 g/mol. The predicted molar refractivity (Wildman–Crippen MR) is 109 cm³/mol. The predicted octanol–water partition coefficient (Wildman–Crippen LogP) is 4.72. The van der Waals surface area contributed by atoms with E-state index < -0.39 is 11.9 Å². The summed E-state index contributed by atoms with van der Waals surface area (Å²) in [6.45, 7) is -0.123. The van der Waals surface area contributed by atoms with Gasteiger partial charge in [-0.3, -0.25) is 0 Å². The van der Waals surface area contributed by atoms with E-state index in [1.807, 2.05) is 30.3 Å². The van der Waals surface area contributed by atoms with E-state index in [4.69, 9.17) is 25.8 Å². The first-order chi connectivity index (χ1) is 14.1. The molecule has 5 nitrogen and oxygen atoms in total. The lowest BCUT2D eigenvalue weighted by atomic mass is 10.2. The summed E-state index contributed by atoms with van der Waals surface area (Å²) in [4.78, 5) is 24.5. The van der Waals surface area contributed by atoms with Crippen molar-refractivity contribution in [1.29, 1.82) is 0 Å². The first-order valence-electron chi connectivity index (χ1n) is 9.01. The molecule has 0 aromatic heterocycles. The van der Waals surface area contributed by atoms with Crippen molar-refractivity contribution in [3.8, 4) is 11.5 Å². The van der Waals surface area contributed by atoms with Gasteiger partial charge in [0.15, 0.2) is 6.61 Å². The van der Waals surface area contributed by atoms with Gasteiger partial charge in [0.05, 0.1) is 11.6 Å². The van der Waals surface area contributed by atoms with Gasteiger partial charge in [0.2, 0.25) is 0 Å². The van der Waals surface area contributed by atoms with Crippen LogP contribution in [-0.4, -0.2) is 25.2 Å². The maximum Gasteiger partial charge on any atom is 0.349 e. The van der Waals surface area contributed by atoms with Crippen LogP contribution in [0.15, 0.2) is 78.9 Å². The summed E-state index contributed by atoms with van der Waals surface area (Å²) in [5.41, 5.74) is 1.24. The molecule has 0 unspecified atom stereocenters. The molecule has 0 N–H and O–H groups in total. The van der Waals surface area contributed by atoms with Crippen LogP contribution < -0.4 is 9.47 Å². The number of hydrogen-bond acceptors (Lipinski definition) is 5. The highest BCUT2D eigenvalue weighted by Gasteiger charge is 2.17. The zero-order chi connectivity index (χ0) is 20.5. The van der Waals surface area contributed by atoms with Gasteiger partial charge in [-0.2, -0.15) is 0 Å². The van der Waals surface area contributed by atoms with Crippen molar-refractivity contribution >= 4 is 23.5 Å². The van der Waals surface area contributed by atoms with Gasteiger partial charge in [0.25, 0.3) is 0 Å². The average molecular weight is 411 g/mol. The van der Waals surface area contributed by atoms with Gasteiger partial charge in [-0.25, -0.2) is 9.59 Å². The molecule has 0 aliphatic heterocycles. The number of carbonyl (C=O) groups excluding carboxylic acids is 2. The number of benzene rings is 3.